The number of rotatable bonds is 5. The lowest BCUT2D eigenvalue weighted by atomic mass is 10.3. The number of carbonyl (C=O) groups excluding carboxylic acids is 1. The zero-order chi connectivity index (χ0) is 13.7. The van der Waals surface area contributed by atoms with E-state index >= 15 is 0 Å². The van der Waals surface area contributed by atoms with E-state index in [9.17, 15) is 4.79 Å². The van der Waals surface area contributed by atoms with Gasteiger partial charge in [0.25, 0.3) is 5.91 Å². The van der Waals surface area contributed by atoms with E-state index in [1.165, 1.54) is 0 Å². The van der Waals surface area contributed by atoms with Crippen LogP contribution in [0.3, 0.4) is 0 Å². The second kappa shape index (κ2) is 7.14. The summed E-state index contributed by atoms with van der Waals surface area (Å²) in [4.78, 5) is 16.4. The average Bonchev–Trinajstić information content (AvgIpc) is 2.83. The highest BCUT2D eigenvalue weighted by Crippen LogP contribution is 2.14. The number of likely N-dealkylation sites (N-methyl/N-ethyl adjacent to an activating group) is 1. The molecule has 2 rings (SSSR count). The molecule has 0 bridgehead atoms. The molecule has 6 nitrogen and oxygen atoms in total. The summed E-state index contributed by atoms with van der Waals surface area (Å²) in [7, 11) is 2.14. The molecule has 0 aliphatic carbocycles. The highest BCUT2D eigenvalue weighted by Gasteiger charge is 2.14. The van der Waals surface area contributed by atoms with Crippen molar-refractivity contribution in [3.05, 3.63) is 9.47 Å². The van der Waals surface area contributed by atoms with Crippen LogP contribution < -0.4 is 5.32 Å². The van der Waals surface area contributed by atoms with Gasteiger partial charge in [0, 0.05) is 32.7 Å². The fraction of sp³-hybridized carbons (Fsp3) is 0.727. The maximum absolute atomic E-state index is 11.7. The lowest BCUT2D eigenvalue weighted by Crippen LogP contribution is -2.45. The maximum Gasteiger partial charge on any atom is 0.282 e. The van der Waals surface area contributed by atoms with Gasteiger partial charge in [0.2, 0.25) is 9.47 Å². The molecule has 1 aromatic heterocycles. The molecule has 0 spiro atoms. The third kappa shape index (κ3) is 4.68. The van der Waals surface area contributed by atoms with E-state index in [0.29, 0.717) is 16.0 Å². The molecular formula is C11H18ClN5OS. The van der Waals surface area contributed by atoms with E-state index in [-0.39, 0.29) is 5.91 Å². The van der Waals surface area contributed by atoms with Crippen LogP contribution in [0.15, 0.2) is 0 Å². The standard InChI is InChI=1S/C11H18ClN5OS/c1-16-5-7-17(8-6-16)4-2-3-13-9(18)10-14-15-11(12)19-10/h2-8H2,1H3,(H,13,18). The van der Waals surface area contributed by atoms with Gasteiger partial charge >= 0.3 is 0 Å². The summed E-state index contributed by atoms with van der Waals surface area (Å²) in [5, 5.41) is 10.5. The number of hydrogen-bond donors (Lipinski definition) is 1. The Kier molecular flexibility index (Phi) is 5.50. The third-order valence-corrected chi connectivity index (χ3v) is 4.14. The van der Waals surface area contributed by atoms with E-state index < -0.39 is 0 Å². The number of carbonyl (C=O) groups is 1. The fourth-order valence-corrected chi connectivity index (χ4v) is 2.69. The van der Waals surface area contributed by atoms with Crippen molar-refractivity contribution < 1.29 is 4.79 Å². The van der Waals surface area contributed by atoms with Gasteiger partial charge in [-0.3, -0.25) is 4.79 Å². The van der Waals surface area contributed by atoms with Gasteiger partial charge in [0.15, 0.2) is 0 Å². The van der Waals surface area contributed by atoms with Gasteiger partial charge < -0.3 is 15.1 Å². The smallest absolute Gasteiger partial charge is 0.282 e. The van der Waals surface area contributed by atoms with E-state index in [1.54, 1.807) is 0 Å². The first-order valence-electron chi connectivity index (χ1n) is 6.33. The monoisotopic (exact) mass is 303 g/mol. The number of amides is 1. The molecule has 0 atom stereocenters. The fourth-order valence-electron chi connectivity index (χ4n) is 1.95. The van der Waals surface area contributed by atoms with Gasteiger partial charge in [0.1, 0.15) is 0 Å². The topological polar surface area (TPSA) is 61.4 Å². The summed E-state index contributed by atoms with van der Waals surface area (Å²) in [6, 6.07) is 0. The second-order valence-corrected chi connectivity index (χ2v) is 6.17. The summed E-state index contributed by atoms with van der Waals surface area (Å²) < 4.78 is 0.294. The Balaban J connectivity index is 1.60. The zero-order valence-electron chi connectivity index (χ0n) is 10.9. The van der Waals surface area contributed by atoms with Crippen molar-refractivity contribution in [1.82, 2.24) is 25.3 Å². The van der Waals surface area contributed by atoms with E-state index in [0.717, 1.165) is 50.5 Å². The van der Waals surface area contributed by atoms with Crippen LogP contribution in [0.4, 0.5) is 0 Å². The lowest BCUT2D eigenvalue weighted by molar-refractivity contribution is 0.0948. The van der Waals surface area contributed by atoms with Crippen molar-refractivity contribution in [3.8, 4) is 0 Å². The molecule has 0 saturated carbocycles. The number of halogens is 1. The van der Waals surface area contributed by atoms with Crippen LogP contribution in [-0.4, -0.2) is 72.2 Å². The Morgan fingerprint density at radius 2 is 2.11 bits per heavy atom. The predicted octanol–water partition coefficient (Wildman–Crippen LogP) is 0.559. The second-order valence-electron chi connectivity index (χ2n) is 4.61. The number of nitrogens with one attached hydrogen (secondary N) is 1. The summed E-state index contributed by atoms with van der Waals surface area (Å²) >= 11 is 6.73. The quantitative estimate of drug-likeness (QED) is 0.805. The van der Waals surface area contributed by atoms with Gasteiger partial charge in [-0.25, -0.2) is 0 Å². The molecule has 0 aromatic carbocycles. The van der Waals surface area contributed by atoms with Gasteiger partial charge in [-0.1, -0.05) is 11.3 Å². The molecule has 0 radical (unpaired) electrons. The molecule has 19 heavy (non-hydrogen) atoms. The summed E-state index contributed by atoms with van der Waals surface area (Å²) in [5.41, 5.74) is 0. The molecule has 1 aliphatic rings. The predicted molar refractivity (Wildman–Crippen MR) is 75.8 cm³/mol. The Labute approximate surface area is 121 Å². The molecule has 1 aliphatic heterocycles. The van der Waals surface area contributed by atoms with Crippen LogP contribution in [0, 0.1) is 0 Å². The van der Waals surface area contributed by atoms with E-state index in [4.69, 9.17) is 11.6 Å². The summed E-state index contributed by atoms with van der Waals surface area (Å²) in [5.74, 6) is -0.192. The van der Waals surface area contributed by atoms with E-state index in [2.05, 4.69) is 32.4 Å². The SMILES string of the molecule is CN1CCN(CCCNC(=O)c2nnc(Cl)s2)CC1. The lowest BCUT2D eigenvalue weighted by Gasteiger charge is -2.32. The van der Waals surface area contributed by atoms with Gasteiger partial charge in [-0.2, -0.15) is 0 Å². The van der Waals surface area contributed by atoms with Crippen LogP contribution in [-0.2, 0) is 0 Å². The van der Waals surface area contributed by atoms with Crippen molar-refractivity contribution in [1.29, 1.82) is 0 Å². The number of hydrogen-bond acceptors (Lipinski definition) is 6. The summed E-state index contributed by atoms with van der Waals surface area (Å²) in [6.07, 6.45) is 0.946. The van der Waals surface area contributed by atoms with Crippen molar-refractivity contribution in [3.63, 3.8) is 0 Å². The highest BCUT2D eigenvalue weighted by atomic mass is 35.5. The van der Waals surface area contributed by atoms with Crippen molar-refractivity contribution in [2.45, 2.75) is 6.42 Å². The minimum atomic E-state index is -0.192. The van der Waals surface area contributed by atoms with Gasteiger partial charge in [-0.15, -0.1) is 10.2 Å². The molecule has 1 N–H and O–H groups in total. The molecule has 1 amide bonds. The van der Waals surface area contributed by atoms with Crippen LogP contribution in [0.25, 0.3) is 0 Å². The van der Waals surface area contributed by atoms with E-state index in [1.807, 2.05) is 0 Å². The Morgan fingerprint density at radius 1 is 1.37 bits per heavy atom. The van der Waals surface area contributed by atoms with Crippen molar-refractivity contribution in [2.24, 2.45) is 0 Å². The normalized spacial score (nSPS) is 17.6. The first-order chi connectivity index (χ1) is 9.15. The van der Waals surface area contributed by atoms with Crippen molar-refractivity contribution >= 4 is 28.8 Å². The first kappa shape index (κ1) is 14.6. The molecule has 2 heterocycles. The van der Waals surface area contributed by atoms with Crippen LogP contribution in [0.2, 0.25) is 4.47 Å². The Hall–Kier alpha value is -0.760. The first-order valence-corrected chi connectivity index (χ1v) is 7.52. The average molecular weight is 304 g/mol. The minimum absolute atomic E-state index is 0.192. The van der Waals surface area contributed by atoms with Crippen LogP contribution >= 0.6 is 22.9 Å². The van der Waals surface area contributed by atoms with Crippen LogP contribution in [0.5, 0.6) is 0 Å². The Morgan fingerprint density at radius 3 is 2.74 bits per heavy atom. The molecule has 8 heteroatoms. The Bertz CT molecular complexity index is 419. The molecular weight excluding hydrogens is 286 g/mol. The van der Waals surface area contributed by atoms with Crippen LogP contribution in [0.1, 0.15) is 16.2 Å². The van der Waals surface area contributed by atoms with Gasteiger partial charge in [-0.05, 0) is 31.6 Å². The molecule has 1 fully saturated rings. The number of piperazine rings is 1. The minimum Gasteiger partial charge on any atom is -0.350 e. The molecule has 1 aromatic rings. The molecule has 1 saturated heterocycles. The van der Waals surface area contributed by atoms with Gasteiger partial charge in [0.05, 0.1) is 0 Å². The molecule has 106 valence electrons. The highest BCUT2D eigenvalue weighted by molar-refractivity contribution is 7.17. The third-order valence-electron chi connectivity index (χ3n) is 3.13. The number of aromatic nitrogens is 2. The van der Waals surface area contributed by atoms with Crippen molar-refractivity contribution in [2.75, 3.05) is 46.3 Å². The largest absolute Gasteiger partial charge is 0.350 e. The maximum atomic E-state index is 11.7. The number of nitrogens with zero attached hydrogens (tertiary/aromatic N) is 4. The summed E-state index contributed by atoms with van der Waals surface area (Å²) in [6.45, 7) is 6.13. The zero-order valence-corrected chi connectivity index (χ0v) is 12.5. The molecule has 0 unspecified atom stereocenters.